The normalized spacial score (nSPS) is 10.4. The Morgan fingerprint density at radius 2 is 2.12 bits per heavy atom. The van der Waals surface area contributed by atoms with Crippen molar-refractivity contribution in [1.29, 1.82) is 0 Å². The molecule has 0 aliphatic heterocycles. The van der Waals surface area contributed by atoms with Crippen LogP contribution in [0.15, 0.2) is 18.2 Å². The first kappa shape index (κ1) is 12.7. The van der Waals surface area contributed by atoms with Gasteiger partial charge in [-0.05, 0) is 13.0 Å². The number of hydrogen-bond acceptors (Lipinski definition) is 4. The smallest absolute Gasteiger partial charge is 0.265 e. The molecule has 16 heavy (non-hydrogen) atoms. The summed E-state index contributed by atoms with van der Waals surface area (Å²) in [5, 5.41) is 10.8. The monoisotopic (exact) mass is 264 g/mol. The van der Waals surface area contributed by atoms with Crippen LogP contribution in [0.4, 0.5) is 11.4 Å². The van der Waals surface area contributed by atoms with E-state index in [1.54, 1.807) is 6.92 Å². The predicted octanol–water partition coefficient (Wildman–Crippen LogP) is 1.60. The minimum Gasteiger partial charge on any atom is -0.265 e. The summed E-state index contributed by atoms with van der Waals surface area (Å²) in [6.45, 7) is 1.65. The molecule has 0 aliphatic rings. The summed E-state index contributed by atoms with van der Waals surface area (Å²) in [6.07, 6.45) is 0. The molecule has 8 heteroatoms. The van der Waals surface area contributed by atoms with Gasteiger partial charge in [0.05, 0.1) is 9.95 Å². The zero-order valence-corrected chi connectivity index (χ0v) is 9.94. The summed E-state index contributed by atoms with van der Waals surface area (Å²) in [6, 6.07) is 4.02. The third-order valence-corrected chi connectivity index (χ3v) is 3.10. The van der Waals surface area contributed by atoms with Crippen molar-refractivity contribution in [1.82, 2.24) is 0 Å². The van der Waals surface area contributed by atoms with Gasteiger partial charge in [-0.15, -0.1) is 0 Å². The molecule has 0 unspecified atom stereocenters. The van der Waals surface area contributed by atoms with Crippen molar-refractivity contribution in [2.75, 3.05) is 10.8 Å². The van der Waals surface area contributed by atoms with Crippen LogP contribution in [-0.2, 0) is 10.9 Å². The van der Waals surface area contributed by atoms with E-state index in [4.69, 9.17) is 11.6 Å². The molecule has 0 bridgehead atoms. The average Bonchev–Trinajstić information content (AvgIpc) is 2.20. The number of nitro groups is 1. The van der Waals surface area contributed by atoms with Crippen LogP contribution in [-0.4, -0.2) is 19.9 Å². The molecule has 0 radical (unpaired) electrons. The van der Waals surface area contributed by atoms with Crippen LogP contribution >= 0.6 is 11.6 Å². The lowest BCUT2D eigenvalue weighted by Gasteiger charge is -2.16. The Kier molecular flexibility index (Phi) is 4.08. The molecule has 0 amide bonds. The highest BCUT2D eigenvalue weighted by Gasteiger charge is 2.22. The van der Waals surface area contributed by atoms with Gasteiger partial charge < -0.3 is 0 Å². The van der Waals surface area contributed by atoms with Gasteiger partial charge in [-0.3, -0.25) is 14.4 Å². The molecule has 1 rings (SSSR count). The Balaban J connectivity index is 3.45. The minimum absolute atomic E-state index is 0.0373. The maximum atomic E-state index is 10.9. The van der Waals surface area contributed by atoms with E-state index in [2.05, 4.69) is 0 Å². The number of rotatable bonds is 4. The molecule has 1 aromatic rings. The van der Waals surface area contributed by atoms with Crippen LogP contribution in [0, 0.1) is 10.1 Å². The fraction of sp³-hybridized carbons (Fsp3) is 0.250. The van der Waals surface area contributed by atoms with Crippen molar-refractivity contribution < 1.29 is 13.3 Å². The molecule has 0 aliphatic carbocycles. The Morgan fingerprint density at radius 1 is 1.50 bits per heavy atom. The highest BCUT2D eigenvalue weighted by atomic mass is 35.5. The third-order valence-electron chi connectivity index (χ3n) is 1.92. The molecular weight excluding hydrogens is 256 g/mol. The fourth-order valence-corrected chi connectivity index (χ4v) is 2.20. The zero-order chi connectivity index (χ0) is 12.3. The van der Waals surface area contributed by atoms with E-state index in [0.29, 0.717) is 0 Å². The molecule has 0 heterocycles. The van der Waals surface area contributed by atoms with Crippen LogP contribution in [0.3, 0.4) is 0 Å². The molecule has 0 saturated heterocycles. The first-order valence-electron chi connectivity index (χ1n) is 4.33. The second kappa shape index (κ2) is 5.13. The first-order valence-corrected chi connectivity index (χ1v) is 5.84. The van der Waals surface area contributed by atoms with Gasteiger partial charge in [0.15, 0.2) is 0 Å². The van der Waals surface area contributed by atoms with E-state index in [1.807, 2.05) is 0 Å². The highest BCUT2D eigenvalue weighted by molar-refractivity contribution is 7.74. The van der Waals surface area contributed by atoms with Gasteiger partial charge in [0.2, 0.25) is 10.9 Å². The van der Waals surface area contributed by atoms with E-state index in [-0.39, 0.29) is 22.9 Å². The molecule has 0 atom stereocenters. The van der Waals surface area contributed by atoms with Crippen LogP contribution in [0.2, 0.25) is 5.02 Å². The van der Waals surface area contributed by atoms with Gasteiger partial charge in [-0.1, -0.05) is 17.7 Å². The summed E-state index contributed by atoms with van der Waals surface area (Å²) in [4.78, 5) is 10.1. The molecule has 0 fully saturated rings. The second-order valence-corrected chi connectivity index (χ2v) is 4.18. The molecule has 88 valence electrons. The summed E-state index contributed by atoms with van der Waals surface area (Å²) in [5.74, 6) is 0. The Labute approximate surface area is 98.7 Å². The summed E-state index contributed by atoms with van der Waals surface area (Å²) in [7, 11) is -2.95. The van der Waals surface area contributed by atoms with Gasteiger partial charge in [0.25, 0.3) is 5.69 Å². The number of nitrogens with zero attached hydrogens (tertiary/aromatic N) is 2. The van der Waals surface area contributed by atoms with Gasteiger partial charge >= 0.3 is 0 Å². The maximum absolute atomic E-state index is 10.9. The second-order valence-electron chi connectivity index (χ2n) is 2.82. The summed E-state index contributed by atoms with van der Waals surface area (Å²) < 4.78 is 22.8. The number of thiol groups is 1. The van der Waals surface area contributed by atoms with E-state index in [1.165, 1.54) is 18.2 Å². The van der Waals surface area contributed by atoms with Crippen molar-refractivity contribution in [2.24, 2.45) is 0 Å². The minimum atomic E-state index is -2.95. The van der Waals surface area contributed by atoms with Crippen LogP contribution < -0.4 is 4.31 Å². The van der Waals surface area contributed by atoms with Gasteiger partial charge in [0, 0.05) is 12.6 Å². The average molecular weight is 265 g/mol. The lowest BCUT2D eigenvalue weighted by Crippen LogP contribution is -2.21. The molecule has 0 aromatic heterocycles. The molecule has 1 aromatic carbocycles. The Bertz CT molecular complexity index is 481. The quantitative estimate of drug-likeness (QED) is 0.509. The molecule has 0 N–H and O–H groups in total. The van der Waals surface area contributed by atoms with E-state index in [0.717, 1.165) is 4.31 Å². The Morgan fingerprint density at radius 3 is 2.56 bits per heavy atom. The molecule has 6 nitrogen and oxygen atoms in total. The first-order chi connectivity index (χ1) is 7.49. The number of para-hydroxylation sites is 1. The van der Waals surface area contributed by atoms with Gasteiger partial charge in [0.1, 0.15) is 5.69 Å². The van der Waals surface area contributed by atoms with Crippen molar-refractivity contribution in [2.45, 2.75) is 6.92 Å². The summed E-state index contributed by atoms with van der Waals surface area (Å²) >= 11 is 5.78. The highest BCUT2D eigenvalue weighted by Crippen LogP contribution is 2.35. The Hall–Kier alpha value is -1.34. The van der Waals surface area contributed by atoms with Crippen molar-refractivity contribution in [3.8, 4) is 0 Å². The fourth-order valence-electron chi connectivity index (χ4n) is 1.26. The van der Waals surface area contributed by atoms with Crippen LogP contribution in [0.5, 0.6) is 0 Å². The van der Waals surface area contributed by atoms with Crippen molar-refractivity contribution in [3.63, 3.8) is 0 Å². The van der Waals surface area contributed by atoms with Crippen molar-refractivity contribution in [3.05, 3.63) is 33.3 Å². The molecular formula is C8H9ClN2O4S. The number of benzene rings is 1. The van der Waals surface area contributed by atoms with E-state index < -0.39 is 15.8 Å². The van der Waals surface area contributed by atoms with Crippen LogP contribution in [0.25, 0.3) is 0 Å². The van der Waals surface area contributed by atoms with Gasteiger partial charge in [-0.25, -0.2) is 8.42 Å². The third kappa shape index (κ3) is 2.42. The van der Waals surface area contributed by atoms with E-state index in [9.17, 15) is 18.5 Å². The number of anilines is 1. The largest absolute Gasteiger partial charge is 0.295 e. The standard InChI is InChI=1S/C8H9ClN2O4S/c1-2-10(16(14)15)8-6(9)4-3-5-7(8)11(12)13/h3-5,16H,2H2,1H3. The van der Waals surface area contributed by atoms with Crippen molar-refractivity contribution >= 4 is 33.9 Å². The predicted molar refractivity (Wildman–Crippen MR) is 61.4 cm³/mol. The lowest BCUT2D eigenvalue weighted by atomic mass is 10.2. The lowest BCUT2D eigenvalue weighted by molar-refractivity contribution is -0.384. The number of halogens is 1. The number of nitro benzene ring substituents is 1. The maximum Gasteiger partial charge on any atom is 0.295 e. The zero-order valence-electron chi connectivity index (χ0n) is 8.29. The van der Waals surface area contributed by atoms with Crippen LogP contribution in [0.1, 0.15) is 6.92 Å². The van der Waals surface area contributed by atoms with Gasteiger partial charge in [-0.2, -0.15) is 0 Å². The molecule has 0 saturated carbocycles. The SMILES string of the molecule is CCN(c1c(Cl)cccc1[N+](=O)[O-])[SH](=O)=O. The van der Waals surface area contributed by atoms with E-state index >= 15 is 0 Å². The summed E-state index contributed by atoms with van der Waals surface area (Å²) in [5.41, 5.74) is -0.415. The number of hydrogen-bond donors (Lipinski definition) is 1. The molecule has 0 spiro atoms. The topological polar surface area (TPSA) is 80.5 Å².